The number of allylic oxidation sites excluding steroid dienone is 4. The second kappa shape index (κ2) is 12.4. The Hall–Kier alpha value is -6.45. The average Bonchev–Trinajstić information content (AvgIpc) is 3.56. The minimum absolute atomic E-state index is 0.112. The standard InChI is InChI=1S/C50H39N3/c1-50(2)45-30-31-51-33-48(45)53-47-29-22-39(32-44(47)43-14-9-15-46(50)49(43)53)38-20-27-42(28-21-38)52(40-23-16-36(17-24-40)34-10-5-3-6-11-34)41-25-18-37(19-26-41)35-12-7-4-8-13-35/h3-7,9-12,14-33H,8,13H2,1-2H3. The van der Waals surface area contributed by atoms with E-state index in [0.29, 0.717) is 0 Å². The van der Waals surface area contributed by atoms with Crippen molar-refractivity contribution in [2.75, 3.05) is 4.90 Å². The van der Waals surface area contributed by atoms with Gasteiger partial charge in [-0.05, 0) is 112 Å². The number of benzene rings is 6. The van der Waals surface area contributed by atoms with E-state index in [0.717, 1.165) is 29.9 Å². The van der Waals surface area contributed by atoms with Crippen LogP contribution in [-0.2, 0) is 5.41 Å². The maximum atomic E-state index is 4.56. The van der Waals surface area contributed by atoms with Gasteiger partial charge in [-0.3, -0.25) is 4.98 Å². The Morgan fingerprint density at radius 1 is 0.585 bits per heavy atom. The van der Waals surface area contributed by atoms with E-state index in [2.05, 4.69) is 192 Å². The van der Waals surface area contributed by atoms with Gasteiger partial charge in [0.1, 0.15) is 0 Å². The molecule has 53 heavy (non-hydrogen) atoms. The maximum absolute atomic E-state index is 4.56. The summed E-state index contributed by atoms with van der Waals surface area (Å²) in [5, 5.41) is 2.55. The van der Waals surface area contributed by atoms with Crippen LogP contribution < -0.4 is 4.90 Å². The molecule has 6 aromatic carbocycles. The molecule has 0 spiro atoms. The van der Waals surface area contributed by atoms with Gasteiger partial charge in [0.25, 0.3) is 0 Å². The van der Waals surface area contributed by atoms with Crippen molar-refractivity contribution < 1.29 is 0 Å². The number of hydrogen-bond acceptors (Lipinski definition) is 2. The van der Waals surface area contributed by atoms with Crippen LogP contribution in [0, 0.1) is 0 Å². The third kappa shape index (κ3) is 5.15. The lowest BCUT2D eigenvalue weighted by molar-refractivity contribution is 0.628. The number of aromatic nitrogens is 2. The zero-order valence-electron chi connectivity index (χ0n) is 30.0. The van der Waals surface area contributed by atoms with E-state index >= 15 is 0 Å². The van der Waals surface area contributed by atoms with E-state index in [9.17, 15) is 0 Å². The van der Waals surface area contributed by atoms with Gasteiger partial charge in [-0.25, -0.2) is 0 Å². The topological polar surface area (TPSA) is 21.1 Å². The van der Waals surface area contributed by atoms with Gasteiger partial charge in [0, 0.05) is 39.4 Å². The fraction of sp³-hybridized carbons (Fsp3) is 0.100. The lowest BCUT2D eigenvalue weighted by atomic mass is 9.75. The highest BCUT2D eigenvalue weighted by atomic mass is 15.1. The van der Waals surface area contributed by atoms with E-state index in [-0.39, 0.29) is 5.41 Å². The number of nitrogens with zero attached hydrogens (tertiary/aromatic N) is 3. The van der Waals surface area contributed by atoms with Crippen LogP contribution in [0.4, 0.5) is 17.1 Å². The maximum Gasteiger partial charge on any atom is 0.0686 e. The number of pyridine rings is 1. The van der Waals surface area contributed by atoms with Crippen molar-refractivity contribution in [2.45, 2.75) is 32.1 Å². The second-order valence-electron chi connectivity index (χ2n) is 14.8. The van der Waals surface area contributed by atoms with E-state index < -0.39 is 0 Å². The van der Waals surface area contributed by atoms with Crippen molar-refractivity contribution in [3.05, 3.63) is 193 Å². The largest absolute Gasteiger partial charge is 0.311 e. The molecule has 2 aliphatic rings. The van der Waals surface area contributed by atoms with Crippen LogP contribution in [0.3, 0.4) is 0 Å². The minimum atomic E-state index is -0.112. The molecule has 0 saturated heterocycles. The molecule has 254 valence electrons. The first-order chi connectivity index (χ1) is 26.0. The van der Waals surface area contributed by atoms with Crippen molar-refractivity contribution in [1.29, 1.82) is 0 Å². The minimum Gasteiger partial charge on any atom is -0.311 e. The molecule has 0 unspecified atom stereocenters. The van der Waals surface area contributed by atoms with Gasteiger partial charge >= 0.3 is 0 Å². The first-order valence-corrected chi connectivity index (χ1v) is 18.6. The molecule has 0 N–H and O–H groups in total. The van der Waals surface area contributed by atoms with Crippen LogP contribution in [0.2, 0.25) is 0 Å². The van der Waals surface area contributed by atoms with Gasteiger partial charge in [0.15, 0.2) is 0 Å². The van der Waals surface area contributed by atoms with E-state index in [4.69, 9.17) is 0 Å². The van der Waals surface area contributed by atoms with Crippen LogP contribution in [0.25, 0.3) is 55.3 Å². The van der Waals surface area contributed by atoms with Crippen molar-refractivity contribution in [3.63, 3.8) is 0 Å². The summed E-state index contributed by atoms with van der Waals surface area (Å²) in [7, 11) is 0. The molecule has 3 heteroatoms. The third-order valence-corrected chi connectivity index (χ3v) is 11.4. The number of hydrogen-bond donors (Lipinski definition) is 0. The van der Waals surface area contributed by atoms with Gasteiger partial charge in [-0.2, -0.15) is 0 Å². The summed E-state index contributed by atoms with van der Waals surface area (Å²) < 4.78 is 2.42. The molecule has 0 fully saturated rings. The molecule has 0 atom stereocenters. The SMILES string of the molecule is CC1(C)c2ccncc2-n2c3ccc(-c4ccc(N(c5ccc(C6=CC=CCC6)cc5)c5ccc(-c6ccccc6)cc5)cc4)cc3c3cccc1c32. The Labute approximate surface area is 310 Å². The fourth-order valence-corrected chi connectivity index (χ4v) is 8.59. The van der Waals surface area contributed by atoms with Crippen molar-refractivity contribution in [2.24, 2.45) is 0 Å². The number of fused-ring (bicyclic) bond motifs is 5. The first-order valence-electron chi connectivity index (χ1n) is 18.6. The van der Waals surface area contributed by atoms with Crippen molar-refractivity contribution in [3.8, 4) is 27.9 Å². The summed E-state index contributed by atoms with van der Waals surface area (Å²) in [4.78, 5) is 6.91. The monoisotopic (exact) mass is 681 g/mol. The summed E-state index contributed by atoms with van der Waals surface area (Å²) >= 11 is 0. The Morgan fingerprint density at radius 2 is 1.23 bits per heavy atom. The predicted octanol–water partition coefficient (Wildman–Crippen LogP) is 13.4. The Bertz CT molecular complexity index is 2710. The molecule has 1 aliphatic heterocycles. The number of para-hydroxylation sites is 1. The number of anilines is 3. The van der Waals surface area contributed by atoms with Gasteiger partial charge in [0.05, 0.1) is 22.9 Å². The first kappa shape index (κ1) is 31.3. The van der Waals surface area contributed by atoms with Crippen LogP contribution in [0.1, 0.15) is 43.4 Å². The lowest BCUT2D eigenvalue weighted by Crippen LogP contribution is -2.26. The summed E-state index contributed by atoms with van der Waals surface area (Å²) in [5.41, 5.74) is 17.1. The molecule has 0 amide bonds. The molecule has 3 nitrogen and oxygen atoms in total. The molecule has 0 radical (unpaired) electrons. The fourth-order valence-electron chi connectivity index (χ4n) is 8.59. The predicted molar refractivity (Wildman–Crippen MR) is 223 cm³/mol. The molecule has 3 heterocycles. The van der Waals surface area contributed by atoms with Gasteiger partial charge < -0.3 is 9.47 Å². The molecule has 8 aromatic rings. The zero-order valence-corrected chi connectivity index (χ0v) is 30.0. The average molecular weight is 682 g/mol. The van der Waals surface area contributed by atoms with Gasteiger partial charge in [-0.15, -0.1) is 0 Å². The summed E-state index contributed by atoms with van der Waals surface area (Å²) in [6, 6.07) is 53.5. The smallest absolute Gasteiger partial charge is 0.0686 e. The molecule has 2 aromatic heterocycles. The summed E-state index contributed by atoms with van der Waals surface area (Å²) in [5.74, 6) is 0. The van der Waals surface area contributed by atoms with E-state index in [1.165, 1.54) is 72.0 Å². The second-order valence-corrected chi connectivity index (χ2v) is 14.8. The molecule has 10 rings (SSSR count). The van der Waals surface area contributed by atoms with E-state index in [1.807, 2.05) is 12.4 Å². The third-order valence-electron chi connectivity index (χ3n) is 11.4. The highest BCUT2D eigenvalue weighted by molar-refractivity contribution is 6.12. The molecule has 0 bridgehead atoms. The molecule has 1 aliphatic carbocycles. The molecular formula is C50H39N3. The highest BCUT2D eigenvalue weighted by Crippen LogP contribution is 2.47. The molecular weight excluding hydrogens is 643 g/mol. The van der Waals surface area contributed by atoms with Crippen LogP contribution >= 0.6 is 0 Å². The van der Waals surface area contributed by atoms with Crippen LogP contribution in [-0.4, -0.2) is 9.55 Å². The Balaban J connectivity index is 1.05. The lowest BCUT2D eigenvalue weighted by Gasteiger charge is -2.34. The van der Waals surface area contributed by atoms with Crippen LogP contribution in [0.15, 0.2) is 176 Å². The van der Waals surface area contributed by atoms with Crippen LogP contribution in [0.5, 0.6) is 0 Å². The Morgan fingerprint density at radius 3 is 1.91 bits per heavy atom. The number of rotatable bonds is 6. The quantitative estimate of drug-likeness (QED) is 0.174. The normalized spacial score (nSPS) is 14.3. The van der Waals surface area contributed by atoms with Gasteiger partial charge in [-0.1, -0.05) is 123 Å². The van der Waals surface area contributed by atoms with Gasteiger partial charge in [0.2, 0.25) is 0 Å². The van der Waals surface area contributed by atoms with Crippen molar-refractivity contribution >= 4 is 44.4 Å². The zero-order chi connectivity index (χ0) is 35.5. The highest BCUT2D eigenvalue weighted by Gasteiger charge is 2.35. The summed E-state index contributed by atoms with van der Waals surface area (Å²) in [6.07, 6.45) is 12.8. The Kier molecular flexibility index (Phi) is 7.29. The van der Waals surface area contributed by atoms with E-state index in [1.54, 1.807) is 0 Å². The molecule has 0 saturated carbocycles. The summed E-state index contributed by atoms with van der Waals surface area (Å²) in [6.45, 7) is 4.66. The van der Waals surface area contributed by atoms with Crippen molar-refractivity contribution in [1.82, 2.24) is 9.55 Å².